The van der Waals surface area contributed by atoms with Crippen LogP contribution in [0.5, 0.6) is 0 Å². The number of aryl methyl sites for hydroxylation is 2. The van der Waals surface area contributed by atoms with Crippen molar-refractivity contribution in [1.29, 1.82) is 0 Å². The van der Waals surface area contributed by atoms with E-state index in [1.54, 1.807) is 0 Å². The highest BCUT2D eigenvalue weighted by Crippen LogP contribution is 2.16. The lowest BCUT2D eigenvalue weighted by atomic mass is 10.1. The maximum atomic E-state index is 4.22. The Bertz CT molecular complexity index is 325. The summed E-state index contributed by atoms with van der Waals surface area (Å²) in [6.07, 6.45) is 5.43. The Balaban J connectivity index is 2.35. The molecule has 1 aromatic heterocycles. The monoisotopic (exact) mass is 269 g/mol. The van der Waals surface area contributed by atoms with Gasteiger partial charge in [0.05, 0.1) is 0 Å². The van der Waals surface area contributed by atoms with Crippen molar-refractivity contribution in [2.24, 2.45) is 7.05 Å². The van der Waals surface area contributed by atoms with E-state index in [1.807, 2.05) is 17.9 Å². The van der Waals surface area contributed by atoms with Crippen molar-refractivity contribution in [1.82, 2.24) is 15.1 Å². The molecule has 0 bridgehead atoms. The molecular formula is C14H27N3S. The molecule has 1 heterocycles. The highest BCUT2D eigenvalue weighted by molar-refractivity contribution is 7.99. The van der Waals surface area contributed by atoms with E-state index in [4.69, 9.17) is 0 Å². The van der Waals surface area contributed by atoms with Crippen LogP contribution in [0.25, 0.3) is 0 Å². The number of aromatic nitrogens is 2. The summed E-state index contributed by atoms with van der Waals surface area (Å²) in [5.74, 6) is 1.21. The van der Waals surface area contributed by atoms with Crippen LogP contribution in [0.4, 0.5) is 0 Å². The number of hydrogen-bond acceptors (Lipinski definition) is 3. The third kappa shape index (κ3) is 5.44. The first kappa shape index (κ1) is 15.6. The average Bonchev–Trinajstić information content (AvgIpc) is 2.78. The zero-order valence-electron chi connectivity index (χ0n) is 12.1. The van der Waals surface area contributed by atoms with Crippen molar-refractivity contribution < 1.29 is 0 Å². The predicted molar refractivity (Wildman–Crippen MR) is 81.2 cm³/mol. The minimum Gasteiger partial charge on any atom is -0.313 e. The lowest BCUT2D eigenvalue weighted by molar-refractivity contribution is 0.526. The largest absolute Gasteiger partial charge is 0.313 e. The number of nitrogens with zero attached hydrogens (tertiary/aromatic N) is 2. The molecule has 3 nitrogen and oxygen atoms in total. The Morgan fingerprint density at radius 2 is 2.22 bits per heavy atom. The molecule has 1 N–H and O–H groups in total. The SMILES string of the molecule is CCNC(CCc1ccnn1C)CSC(C)CC. The van der Waals surface area contributed by atoms with E-state index >= 15 is 0 Å². The Hall–Kier alpha value is -0.480. The van der Waals surface area contributed by atoms with E-state index in [1.165, 1.54) is 24.3 Å². The van der Waals surface area contributed by atoms with Crippen LogP contribution in [0, 0.1) is 0 Å². The lowest BCUT2D eigenvalue weighted by Crippen LogP contribution is -2.32. The zero-order valence-corrected chi connectivity index (χ0v) is 13.0. The van der Waals surface area contributed by atoms with Crippen molar-refractivity contribution >= 4 is 11.8 Å². The molecule has 18 heavy (non-hydrogen) atoms. The van der Waals surface area contributed by atoms with Crippen LogP contribution in [0.15, 0.2) is 12.3 Å². The van der Waals surface area contributed by atoms with Gasteiger partial charge in [-0.25, -0.2) is 0 Å². The van der Waals surface area contributed by atoms with Crippen LogP contribution in [0.3, 0.4) is 0 Å². The highest BCUT2D eigenvalue weighted by atomic mass is 32.2. The molecule has 0 radical (unpaired) electrons. The van der Waals surface area contributed by atoms with Gasteiger partial charge in [0.2, 0.25) is 0 Å². The molecule has 0 saturated carbocycles. The topological polar surface area (TPSA) is 29.9 Å². The molecule has 0 aliphatic rings. The second kappa shape index (κ2) is 8.59. The standard InChI is InChI=1S/C14H27N3S/c1-5-12(3)18-11-13(15-6-2)7-8-14-9-10-16-17(14)4/h9-10,12-13,15H,5-8,11H2,1-4H3. The van der Waals surface area contributed by atoms with Gasteiger partial charge in [-0.15, -0.1) is 0 Å². The molecule has 0 saturated heterocycles. The summed E-state index contributed by atoms with van der Waals surface area (Å²) in [4.78, 5) is 0. The van der Waals surface area contributed by atoms with Crippen LogP contribution < -0.4 is 5.32 Å². The molecule has 0 amide bonds. The van der Waals surface area contributed by atoms with Crippen molar-refractivity contribution in [2.45, 2.75) is 51.3 Å². The number of nitrogens with one attached hydrogen (secondary N) is 1. The highest BCUT2D eigenvalue weighted by Gasteiger charge is 2.11. The molecular weight excluding hydrogens is 242 g/mol. The summed E-state index contributed by atoms with van der Waals surface area (Å²) in [7, 11) is 2.02. The number of rotatable bonds is 9. The van der Waals surface area contributed by atoms with E-state index in [9.17, 15) is 0 Å². The minimum absolute atomic E-state index is 0.615. The first-order valence-electron chi connectivity index (χ1n) is 6.99. The third-order valence-electron chi connectivity index (χ3n) is 3.32. The molecule has 0 aliphatic carbocycles. The minimum atomic E-state index is 0.615. The van der Waals surface area contributed by atoms with Crippen molar-refractivity contribution in [3.05, 3.63) is 18.0 Å². The van der Waals surface area contributed by atoms with Crippen molar-refractivity contribution in [3.63, 3.8) is 0 Å². The van der Waals surface area contributed by atoms with Crippen LogP contribution in [0.1, 0.15) is 39.3 Å². The summed E-state index contributed by atoms with van der Waals surface area (Å²) in [5.41, 5.74) is 1.33. The van der Waals surface area contributed by atoms with Crippen LogP contribution in [-0.4, -0.2) is 33.4 Å². The fourth-order valence-electron chi connectivity index (χ4n) is 1.90. The molecule has 0 fully saturated rings. The second-order valence-corrected chi connectivity index (χ2v) is 6.26. The summed E-state index contributed by atoms with van der Waals surface area (Å²) < 4.78 is 1.98. The molecule has 0 aromatic carbocycles. The summed E-state index contributed by atoms with van der Waals surface area (Å²) in [6, 6.07) is 2.73. The Labute approximate surface area is 116 Å². The maximum Gasteiger partial charge on any atom is 0.0492 e. The van der Waals surface area contributed by atoms with Gasteiger partial charge in [-0.05, 0) is 31.9 Å². The molecule has 104 valence electrons. The van der Waals surface area contributed by atoms with E-state index < -0.39 is 0 Å². The maximum absolute atomic E-state index is 4.22. The van der Waals surface area contributed by atoms with Gasteiger partial charge in [0, 0.05) is 36.0 Å². The summed E-state index contributed by atoms with van der Waals surface area (Å²) >= 11 is 2.08. The molecule has 0 aliphatic heterocycles. The fourth-order valence-corrected chi connectivity index (χ4v) is 2.98. The van der Waals surface area contributed by atoms with Gasteiger partial charge in [-0.1, -0.05) is 20.8 Å². The quantitative estimate of drug-likeness (QED) is 0.747. The summed E-state index contributed by atoms with van der Waals surface area (Å²) in [5, 5.41) is 8.58. The van der Waals surface area contributed by atoms with E-state index in [2.05, 4.69) is 49.0 Å². The molecule has 1 rings (SSSR count). The van der Waals surface area contributed by atoms with E-state index in [0.717, 1.165) is 18.2 Å². The lowest BCUT2D eigenvalue weighted by Gasteiger charge is -2.19. The average molecular weight is 269 g/mol. The second-order valence-electron chi connectivity index (χ2n) is 4.79. The Morgan fingerprint density at radius 1 is 1.44 bits per heavy atom. The van der Waals surface area contributed by atoms with Gasteiger partial charge in [0.15, 0.2) is 0 Å². The number of hydrogen-bond donors (Lipinski definition) is 1. The molecule has 2 atom stereocenters. The first-order valence-corrected chi connectivity index (χ1v) is 8.04. The van der Waals surface area contributed by atoms with Gasteiger partial charge in [0.25, 0.3) is 0 Å². The van der Waals surface area contributed by atoms with Gasteiger partial charge in [0.1, 0.15) is 0 Å². The third-order valence-corrected chi connectivity index (χ3v) is 4.82. The first-order chi connectivity index (χ1) is 8.67. The Kier molecular flexibility index (Phi) is 7.44. The van der Waals surface area contributed by atoms with Gasteiger partial charge in [-0.2, -0.15) is 16.9 Å². The molecule has 2 unspecified atom stereocenters. The zero-order chi connectivity index (χ0) is 13.4. The van der Waals surface area contributed by atoms with Gasteiger partial charge < -0.3 is 5.32 Å². The fraction of sp³-hybridized carbons (Fsp3) is 0.786. The molecule has 1 aromatic rings. The Morgan fingerprint density at radius 3 is 2.78 bits per heavy atom. The summed E-state index contributed by atoms with van der Waals surface area (Å²) in [6.45, 7) is 7.81. The van der Waals surface area contributed by atoms with Crippen molar-refractivity contribution in [3.8, 4) is 0 Å². The van der Waals surface area contributed by atoms with Crippen molar-refractivity contribution in [2.75, 3.05) is 12.3 Å². The van der Waals surface area contributed by atoms with Gasteiger partial charge >= 0.3 is 0 Å². The van der Waals surface area contributed by atoms with Crippen LogP contribution in [0.2, 0.25) is 0 Å². The number of thioether (sulfide) groups is 1. The molecule has 0 spiro atoms. The smallest absolute Gasteiger partial charge is 0.0492 e. The van der Waals surface area contributed by atoms with E-state index in [-0.39, 0.29) is 0 Å². The predicted octanol–water partition coefficient (Wildman–Crippen LogP) is 2.86. The van der Waals surface area contributed by atoms with E-state index in [0.29, 0.717) is 6.04 Å². The normalized spacial score (nSPS) is 14.7. The van der Waals surface area contributed by atoms with Crippen LogP contribution in [-0.2, 0) is 13.5 Å². The van der Waals surface area contributed by atoms with Gasteiger partial charge in [-0.3, -0.25) is 4.68 Å². The molecule has 4 heteroatoms. The van der Waals surface area contributed by atoms with Crippen LogP contribution >= 0.6 is 11.8 Å².